The third-order valence-electron chi connectivity index (χ3n) is 6.71. The summed E-state index contributed by atoms with van der Waals surface area (Å²) in [6, 6.07) is 14.0. The summed E-state index contributed by atoms with van der Waals surface area (Å²) in [6.45, 7) is 4.34. The van der Waals surface area contributed by atoms with Crippen LogP contribution in [0.15, 0.2) is 60.9 Å². The number of hydrogen-bond donors (Lipinski definition) is 0. The van der Waals surface area contributed by atoms with Crippen molar-refractivity contribution in [3.63, 3.8) is 0 Å². The summed E-state index contributed by atoms with van der Waals surface area (Å²) in [6.07, 6.45) is 7.25. The van der Waals surface area contributed by atoms with Gasteiger partial charge in [-0.1, -0.05) is 24.3 Å². The van der Waals surface area contributed by atoms with Crippen LogP contribution in [0.4, 0.5) is 4.39 Å². The van der Waals surface area contributed by atoms with E-state index >= 15 is 0 Å². The lowest BCUT2D eigenvalue weighted by Crippen LogP contribution is -2.38. The molecule has 0 aliphatic carbocycles. The van der Waals surface area contributed by atoms with Crippen molar-refractivity contribution < 1.29 is 13.9 Å². The molecule has 3 aromatic rings. The van der Waals surface area contributed by atoms with E-state index in [-0.39, 0.29) is 17.6 Å². The van der Waals surface area contributed by atoms with Gasteiger partial charge in [0.2, 0.25) is 5.88 Å². The number of halogens is 1. The van der Waals surface area contributed by atoms with E-state index in [0.29, 0.717) is 24.7 Å². The Morgan fingerprint density at radius 2 is 1.74 bits per heavy atom. The first-order chi connectivity index (χ1) is 16.7. The van der Waals surface area contributed by atoms with Crippen LogP contribution in [0.5, 0.6) is 11.6 Å². The first-order valence-corrected chi connectivity index (χ1v) is 12.0. The highest BCUT2D eigenvalue weighted by Crippen LogP contribution is 2.34. The molecule has 0 saturated carbocycles. The molecule has 34 heavy (non-hydrogen) atoms. The van der Waals surface area contributed by atoms with E-state index in [1.807, 2.05) is 23.1 Å². The van der Waals surface area contributed by atoms with E-state index < -0.39 is 0 Å². The predicted molar refractivity (Wildman–Crippen MR) is 127 cm³/mol. The van der Waals surface area contributed by atoms with Crippen LogP contribution in [0.2, 0.25) is 0 Å². The van der Waals surface area contributed by atoms with Crippen molar-refractivity contribution in [2.75, 3.05) is 26.2 Å². The van der Waals surface area contributed by atoms with Crippen molar-refractivity contribution in [1.82, 2.24) is 19.8 Å². The smallest absolute Gasteiger partial charge is 0.254 e. The molecular formula is C27H29FN4O2. The average Bonchev–Trinajstić information content (AvgIpc) is 3.38. The van der Waals surface area contributed by atoms with Crippen LogP contribution in [0.25, 0.3) is 0 Å². The van der Waals surface area contributed by atoms with E-state index in [4.69, 9.17) is 4.74 Å². The molecule has 0 atom stereocenters. The summed E-state index contributed by atoms with van der Waals surface area (Å²) in [5, 5.41) is 0. The van der Waals surface area contributed by atoms with Crippen molar-refractivity contribution in [2.45, 2.75) is 38.1 Å². The molecule has 0 radical (unpaired) electrons. The molecular weight excluding hydrogens is 431 g/mol. The molecule has 7 heteroatoms. The molecule has 1 aromatic heterocycles. The second-order valence-electron chi connectivity index (χ2n) is 9.01. The summed E-state index contributed by atoms with van der Waals surface area (Å²) in [5.74, 6) is 0.655. The maximum Gasteiger partial charge on any atom is 0.254 e. The monoisotopic (exact) mass is 460 g/mol. The molecule has 0 spiro atoms. The normalized spacial score (nSPS) is 17.1. The molecule has 6 nitrogen and oxygen atoms in total. The second kappa shape index (κ2) is 10.3. The molecule has 0 N–H and O–H groups in total. The number of carbonyl (C=O) groups is 1. The zero-order chi connectivity index (χ0) is 23.3. The van der Waals surface area contributed by atoms with Crippen molar-refractivity contribution in [3.05, 3.63) is 83.6 Å². The predicted octanol–water partition coefficient (Wildman–Crippen LogP) is 5.02. The van der Waals surface area contributed by atoms with Gasteiger partial charge >= 0.3 is 0 Å². The zero-order valence-corrected chi connectivity index (χ0v) is 19.2. The van der Waals surface area contributed by atoms with Gasteiger partial charge in [0, 0.05) is 49.6 Å². The highest BCUT2D eigenvalue weighted by molar-refractivity contribution is 5.95. The van der Waals surface area contributed by atoms with Gasteiger partial charge in [0.05, 0.1) is 0 Å². The molecule has 0 bridgehead atoms. The van der Waals surface area contributed by atoms with Crippen molar-refractivity contribution >= 4 is 5.91 Å². The van der Waals surface area contributed by atoms with E-state index in [9.17, 15) is 9.18 Å². The second-order valence-corrected chi connectivity index (χ2v) is 9.01. The molecule has 2 aromatic carbocycles. The lowest BCUT2D eigenvalue weighted by molar-refractivity contribution is 0.0709. The quantitative estimate of drug-likeness (QED) is 0.517. The van der Waals surface area contributed by atoms with Gasteiger partial charge in [-0.3, -0.25) is 14.7 Å². The van der Waals surface area contributed by atoms with Gasteiger partial charge in [-0.2, -0.15) is 0 Å². The van der Waals surface area contributed by atoms with Gasteiger partial charge in [-0.25, -0.2) is 9.37 Å². The third kappa shape index (κ3) is 5.09. The number of aromatic nitrogens is 2. The molecule has 2 aliphatic heterocycles. The topological polar surface area (TPSA) is 58.6 Å². The Bertz CT molecular complexity index is 1140. The van der Waals surface area contributed by atoms with E-state index in [0.717, 1.165) is 49.3 Å². The average molecular weight is 461 g/mol. The molecule has 176 valence electrons. The summed E-state index contributed by atoms with van der Waals surface area (Å²) >= 11 is 0. The number of carbonyl (C=O) groups excluding carboxylic acids is 1. The number of ether oxygens (including phenoxy) is 1. The Kier molecular flexibility index (Phi) is 6.81. The summed E-state index contributed by atoms with van der Waals surface area (Å²) in [7, 11) is 0. The fourth-order valence-corrected chi connectivity index (χ4v) is 4.91. The fourth-order valence-electron chi connectivity index (χ4n) is 4.91. The first-order valence-electron chi connectivity index (χ1n) is 12.0. The summed E-state index contributed by atoms with van der Waals surface area (Å²) < 4.78 is 19.4. The number of benzene rings is 2. The Morgan fingerprint density at radius 3 is 2.53 bits per heavy atom. The largest absolute Gasteiger partial charge is 0.437 e. The number of nitrogens with zero attached hydrogens (tertiary/aromatic N) is 4. The minimum absolute atomic E-state index is 0.101. The summed E-state index contributed by atoms with van der Waals surface area (Å²) in [5.41, 5.74) is 2.67. The van der Waals surface area contributed by atoms with Crippen molar-refractivity contribution in [3.8, 4) is 11.6 Å². The van der Waals surface area contributed by atoms with Gasteiger partial charge < -0.3 is 9.64 Å². The first kappa shape index (κ1) is 22.5. The maximum atomic E-state index is 13.6. The van der Waals surface area contributed by atoms with Crippen LogP contribution in [0, 0.1) is 5.82 Å². The van der Waals surface area contributed by atoms with Crippen molar-refractivity contribution in [2.24, 2.45) is 0 Å². The Balaban J connectivity index is 1.26. The minimum Gasteiger partial charge on any atom is -0.437 e. The Hall–Kier alpha value is -3.32. The van der Waals surface area contributed by atoms with Crippen molar-refractivity contribution in [1.29, 1.82) is 0 Å². The Morgan fingerprint density at radius 1 is 0.971 bits per heavy atom. The number of amides is 1. The van der Waals surface area contributed by atoms with Gasteiger partial charge in [0.1, 0.15) is 17.3 Å². The van der Waals surface area contributed by atoms with Gasteiger partial charge in [0.25, 0.3) is 5.91 Å². The van der Waals surface area contributed by atoms with Gasteiger partial charge in [0.15, 0.2) is 0 Å². The number of piperidine rings is 1. The number of likely N-dealkylation sites (tertiary alicyclic amines) is 2. The summed E-state index contributed by atoms with van der Waals surface area (Å²) in [4.78, 5) is 26.6. The molecule has 2 aliphatic rings. The molecule has 0 unspecified atom stereocenters. The van der Waals surface area contributed by atoms with Crippen LogP contribution >= 0.6 is 0 Å². The molecule has 5 rings (SSSR count). The van der Waals surface area contributed by atoms with Crippen LogP contribution in [-0.4, -0.2) is 51.9 Å². The standard InChI is InChI=1S/C27H29FN4O2/c28-22-7-5-8-23(18-22)34-26-25(29-12-13-30-26)20-10-16-32(17-11-20)27(33)24-9-2-1-6-21(24)19-31-14-3-4-15-31/h1-2,5-9,12-13,18,20H,3-4,10-11,14-17,19H2. The third-order valence-corrected chi connectivity index (χ3v) is 6.71. The Labute approximate surface area is 199 Å². The maximum absolute atomic E-state index is 13.6. The minimum atomic E-state index is -0.361. The van der Waals surface area contributed by atoms with Crippen LogP contribution in [-0.2, 0) is 6.54 Å². The number of rotatable bonds is 6. The lowest BCUT2D eigenvalue weighted by atomic mass is 9.92. The molecule has 3 heterocycles. The zero-order valence-electron chi connectivity index (χ0n) is 19.2. The highest BCUT2D eigenvalue weighted by atomic mass is 19.1. The van der Waals surface area contributed by atoms with Gasteiger partial charge in [-0.15, -0.1) is 0 Å². The molecule has 2 fully saturated rings. The fraction of sp³-hybridized carbons (Fsp3) is 0.370. The molecule has 1 amide bonds. The lowest BCUT2D eigenvalue weighted by Gasteiger charge is -2.32. The van der Waals surface area contributed by atoms with Gasteiger partial charge in [-0.05, 0) is 62.5 Å². The number of hydrogen-bond acceptors (Lipinski definition) is 5. The molecule has 2 saturated heterocycles. The highest BCUT2D eigenvalue weighted by Gasteiger charge is 2.29. The van der Waals surface area contributed by atoms with Crippen LogP contribution in [0.1, 0.15) is 53.2 Å². The van der Waals surface area contributed by atoms with Crippen LogP contribution < -0.4 is 4.74 Å². The van der Waals surface area contributed by atoms with E-state index in [1.54, 1.807) is 24.5 Å². The SMILES string of the molecule is O=C(c1ccccc1CN1CCCC1)N1CCC(c2nccnc2Oc2cccc(F)c2)CC1. The van der Waals surface area contributed by atoms with E-state index in [2.05, 4.69) is 20.9 Å². The van der Waals surface area contributed by atoms with E-state index in [1.165, 1.54) is 25.0 Å². The van der Waals surface area contributed by atoms with Crippen LogP contribution in [0.3, 0.4) is 0 Å².